The molecule has 0 spiro atoms. The van der Waals surface area contributed by atoms with Gasteiger partial charge in [0.15, 0.2) is 0 Å². The van der Waals surface area contributed by atoms with Crippen LogP contribution in [0.2, 0.25) is 0 Å². The van der Waals surface area contributed by atoms with E-state index in [1.807, 2.05) is 20.9 Å². The van der Waals surface area contributed by atoms with Crippen LogP contribution in [0.15, 0.2) is 0 Å². The molecule has 1 saturated carbocycles. The third-order valence-electron chi connectivity index (χ3n) is 3.07. The molecule has 94 valence electrons. The predicted molar refractivity (Wildman–Crippen MR) is 68.5 cm³/mol. The quantitative estimate of drug-likeness (QED) is 0.801. The highest BCUT2D eigenvalue weighted by atomic mass is 16.3. The summed E-state index contributed by atoms with van der Waals surface area (Å²) in [6.07, 6.45) is 2.38. The average Bonchev–Trinajstić information content (AvgIpc) is 3.13. The molecule has 2 N–H and O–H groups in total. The molecule has 1 fully saturated rings. The van der Waals surface area contributed by atoms with Crippen LogP contribution < -0.4 is 10.2 Å². The lowest BCUT2D eigenvalue weighted by atomic mass is 10.2. The van der Waals surface area contributed by atoms with E-state index in [4.69, 9.17) is 5.11 Å². The zero-order chi connectivity index (χ0) is 12.4. The second-order valence-electron chi connectivity index (χ2n) is 4.47. The van der Waals surface area contributed by atoms with Gasteiger partial charge >= 0.3 is 0 Å². The van der Waals surface area contributed by atoms with Crippen LogP contribution >= 0.6 is 0 Å². The van der Waals surface area contributed by atoms with Crippen LogP contribution in [0, 0.1) is 13.8 Å². The number of aromatic nitrogens is 2. The van der Waals surface area contributed by atoms with Crippen molar-refractivity contribution in [1.82, 2.24) is 9.97 Å². The summed E-state index contributed by atoms with van der Waals surface area (Å²) in [6.45, 7) is 4.72. The van der Waals surface area contributed by atoms with Crippen LogP contribution in [0.5, 0.6) is 0 Å². The van der Waals surface area contributed by atoms with Gasteiger partial charge in [0.05, 0.1) is 6.61 Å². The largest absolute Gasteiger partial charge is 0.395 e. The molecule has 5 heteroatoms. The molecule has 1 aliphatic rings. The summed E-state index contributed by atoms with van der Waals surface area (Å²) in [4.78, 5) is 11.1. The minimum absolute atomic E-state index is 0.161. The third kappa shape index (κ3) is 2.49. The molecule has 0 bridgehead atoms. The first kappa shape index (κ1) is 12.1. The molecule has 1 heterocycles. The lowest BCUT2D eigenvalue weighted by Gasteiger charge is -2.25. The number of rotatable bonds is 5. The summed E-state index contributed by atoms with van der Waals surface area (Å²) in [5.74, 6) is 2.59. The van der Waals surface area contributed by atoms with E-state index in [2.05, 4.69) is 20.2 Å². The van der Waals surface area contributed by atoms with Crippen molar-refractivity contribution in [1.29, 1.82) is 0 Å². The Kier molecular flexibility index (Phi) is 3.47. The second kappa shape index (κ2) is 4.87. The number of hydrogen-bond acceptors (Lipinski definition) is 5. The van der Waals surface area contributed by atoms with Crippen LogP contribution in [0.1, 0.15) is 24.2 Å². The number of aliphatic hydroxyl groups is 1. The molecule has 0 atom stereocenters. The minimum Gasteiger partial charge on any atom is -0.395 e. The van der Waals surface area contributed by atoms with E-state index in [0.717, 1.165) is 23.0 Å². The Balaban J connectivity index is 2.37. The maximum absolute atomic E-state index is 9.16. The smallest absolute Gasteiger partial charge is 0.137 e. The van der Waals surface area contributed by atoms with Gasteiger partial charge in [-0.1, -0.05) is 0 Å². The fraction of sp³-hybridized carbons (Fsp3) is 0.667. The number of nitrogens with one attached hydrogen (secondary N) is 1. The molecule has 0 aliphatic heterocycles. The summed E-state index contributed by atoms with van der Waals surface area (Å²) in [5.41, 5.74) is 1.05. The number of aliphatic hydroxyl groups excluding tert-OH is 1. The lowest BCUT2D eigenvalue weighted by molar-refractivity contribution is 0.301. The summed E-state index contributed by atoms with van der Waals surface area (Å²) in [5, 5.41) is 12.3. The predicted octanol–water partition coefficient (Wildman–Crippen LogP) is 1.10. The number of hydrogen-bond donors (Lipinski definition) is 2. The van der Waals surface area contributed by atoms with Gasteiger partial charge in [-0.25, -0.2) is 9.97 Å². The lowest BCUT2D eigenvalue weighted by Crippen LogP contribution is -2.31. The number of nitrogens with zero attached hydrogens (tertiary/aromatic N) is 3. The van der Waals surface area contributed by atoms with E-state index in [-0.39, 0.29) is 6.61 Å². The van der Waals surface area contributed by atoms with Crippen molar-refractivity contribution in [2.45, 2.75) is 32.7 Å². The molecule has 0 radical (unpaired) electrons. The highest BCUT2D eigenvalue weighted by Gasteiger charge is 2.31. The normalized spacial score (nSPS) is 14.8. The molecule has 17 heavy (non-hydrogen) atoms. The maximum Gasteiger partial charge on any atom is 0.137 e. The van der Waals surface area contributed by atoms with Crippen molar-refractivity contribution in [2.24, 2.45) is 0 Å². The van der Waals surface area contributed by atoms with Crippen molar-refractivity contribution < 1.29 is 5.11 Å². The van der Waals surface area contributed by atoms with Gasteiger partial charge < -0.3 is 15.3 Å². The van der Waals surface area contributed by atoms with Crippen LogP contribution in [0.4, 0.5) is 11.6 Å². The highest BCUT2D eigenvalue weighted by molar-refractivity contribution is 5.59. The van der Waals surface area contributed by atoms with Crippen molar-refractivity contribution in [2.75, 3.05) is 30.4 Å². The third-order valence-corrected chi connectivity index (χ3v) is 3.07. The van der Waals surface area contributed by atoms with E-state index in [1.165, 1.54) is 12.8 Å². The van der Waals surface area contributed by atoms with Crippen molar-refractivity contribution in [3.05, 3.63) is 11.4 Å². The number of anilines is 2. The Labute approximate surface area is 102 Å². The van der Waals surface area contributed by atoms with Crippen LogP contribution in [-0.2, 0) is 0 Å². The van der Waals surface area contributed by atoms with Gasteiger partial charge in [-0.3, -0.25) is 0 Å². The first-order chi connectivity index (χ1) is 8.17. The van der Waals surface area contributed by atoms with Crippen molar-refractivity contribution in [3.63, 3.8) is 0 Å². The Morgan fingerprint density at radius 2 is 2.06 bits per heavy atom. The summed E-state index contributed by atoms with van der Waals surface area (Å²) < 4.78 is 0. The molecule has 0 saturated heterocycles. The Morgan fingerprint density at radius 3 is 2.59 bits per heavy atom. The average molecular weight is 236 g/mol. The molecule has 0 amide bonds. The van der Waals surface area contributed by atoms with Crippen molar-refractivity contribution >= 4 is 11.6 Å². The van der Waals surface area contributed by atoms with E-state index in [1.54, 1.807) is 0 Å². The van der Waals surface area contributed by atoms with Gasteiger partial charge in [0.25, 0.3) is 0 Å². The molecular formula is C12H20N4O. The van der Waals surface area contributed by atoms with Crippen LogP contribution in [-0.4, -0.2) is 41.3 Å². The molecular weight excluding hydrogens is 216 g/mol. The van der Waals surface area contributed by atoms with E-state index >= 15 is 0 Å². The number of aryl methyl sites for hydroxylation is 1. The molecule has 1 aromatic rings. The Bertz CT molecular complexity index is 404. The summed E-state index contributed by atoms with van der Waals surface area (Å²) in [6, 6.07) is 0.542. The fourth-order valence-electron chi connectivity index (χ4n) is 2.09. The fourth-order valence-corrected chi connectivity index (χ4v) is 2.09. The van der Waals surface area contributed by atoms with Gasteiger partial charge in [0.2, 0.25) is 0 Å². The standard InChI is InChI=1S/C12H20N4O/c1-8-11(13-3)14-9(2)15-12(8)16(6-7-17)10-4-5-10/h10,17H,4-7H2,1-3H3,(H,13,14,15). The maximum atomic E-state index is 9.16. The SMILES string of the molecule is CNc1nc(C)nc(N(CCO)C2CC2)c1C. The Hall–Kier alpha value is -1.36. The summed E-state index contributed by atoms with van der Waals surface area (Å²) >= 11 is 0. The first-order valence-electron chi connectivity index (χ1n) is 6.08. The molecule has 1 aromatic heterocycles. The molecule has 0 aromatic carbocycles. The molecule has 5 nitrogen and oxygen atoms in total. The van der Waals surface area contributed by atoms with Gasteiger partial charge in [-0.15, -0.1) is 0 Å². The highest BCUT2D eigenvalue weighted by Crippen LogP contribution is 2.33. The summed E-state index contributed by atoms with van der Waals surface area (Å²) in [7, 11) is 1.87. The van der Waals surface area contributed by atoms with Gasteiger partial charge in [-0.2, -0.15) is 0 Å². The van der Waals surface area contributed by atoms with Gasteiger partial charge in [0.1, 0.15) is 17.5 Å². The topological polar surface area (TPSA) is 61.3 Å². The minimum atomic E-state index is 0.161. The van der Waals surface area contributed by atoms with Crippen LogP contribution in [0.25, 0.3) is 0 Å². The zero-order valence-corrected chi connectivity index (χ0v) is 10.7. The van der Waals surface area contributed by atoms with Crippen LogP contribution in [0.3, 0.4) is 0 Å². The van der Waals surface area contributed by atoms with Gasteiger partial charge in [-0.05, 0) is 26.7 Å². The Morgan fingerprint density at radius 1 is 1.35 bits per heavy atom. The van der Waals surface area contributed by atoms with E-state index in [9.17, 15) is 0 Å². The first-order valence-corrected chi connectivity index (χ1v) is 6.08. The van der Waals surface area contributed by atoms with E-state index < -0.39 is 0 Å². The molecule has 2 rings (SSSR count). The van der Waals surface area contributed by atoms with Gasteiger partial charge in [0, 0.05) is 25.2 Å². The monoisotopic (exact) mass is 236 g/mol. The van der Waals surface area contributed by atoms with E-state index in [0.29, 0.717) is 12.6 Å². The second-order valence-corrected chi connectivity index (χ2v) is 4.47. The zero-order valence-electron chi connectivity index (χ0n) is 10.7. The molecule has 1 aliphatic carbocycles. The van der Waals surface area contributed by atoms with Crippen molar-refractivity contribution in [3.8, 4) is 0 Å². The molecule has 0 unspecified atom stereocenters.